The fraction of sp³-hybridized carbons (Fsp3) is 0.356. The summed E-state index contributed by atoms with van der Waals surface area (Å²) >= 11 is 0. The van der Waals surface area contributed by atoms with Crippen LogP contribution in [0, 0.1) is 11.8 Å². The van der Waals surface area contributed by atoms with Crippen molar-refractivity contribution >= 4 is 45.0 Å². The van der Waals surface area contributed by atoms with Crippen LogP contribution in [0.3, 0.4) is 0 Å². The van der Waals surface area contributed by atoms with E-state index in [2.05, 4.69) is 149 Å². The van der Waals surface area contributed by atoms with Crippen LogP contribution in [0.4, 0.5) is 5.69 Å². The summed E-state index contributed by atoms with van der Waals surface area (Å²) in [5.41, 5.74) is 12.1. The number of likely N-dealkylation sites (tertiary alicyclic amines) is 2. The van der Waals surface area contributed by atoms with Gasteiger partial charge in [0, 0.05) is 24.2 Å². The van der Waals surface area contributed by atoms with E-state index >= 15 is 0 Å². The highest BCUT2D eigenvalue weighted by atomic mass is 16.2. The summed E-state index contributed by atoms with van der Waals surface area (Å²) in [6.45, 7) is 11.9. The average Bonchev–Trinajstić information content (AvgIpc) is 4.04. The molecule has 2 saturated carbocycles. The Morgan fingerprint density at radius 1 is 0.588 bits per heavy atom. The van der Waals surface area contributed by atoms with E-state index in [4.69, 9.17) is 9.98 Å². The zero-order valence-corrected chi connectivity index (χ0v) is 39.7. The number of amides is 2. The Morgan fingerprint density at radius 2 is 1.09 bits per heavy atom. The lowest BCUT2D eigenvalue weighted by atomic mass is 9.95. The molecule has 5 aliphatic rings. The van der Waals surface area contributed by atoms with Gasteiger partial charge in [-0.3, -0.25) is 24.4 Å². The summed E-state index contributed by atoms with van der Waals surface area (Å²) in [7, 11) is 0. The number of rotatable bonds is 14. The fourth-order valence-electron chi connectivity index (χ4n) is 12.4. The van der Waals surface area contributed by atoms with Gasteiger partial charge in [-0.25, -0.2) is 4.98 Å². The Bertz CT molecular complexity index is 3080. The Morgan fingerprint density at radius 3 is 1.66 bits per heavy atom. The van der Waals surface area contributed by atoms with Crippen LogP contribution >= 0.6 is 0 Å². The number of hydrogen-bond donors (Lipinski definition) is 1. The minimum atomic E-state index is -0.306. The molecule has 0 spiro atoms. The van der Waals surface area contributed by atoms with E-state index in [-0.39, 0.29) is 42.0 Å². The van der Waals surface area contributed by atoms with Crippen LogP contribution in [-0.4, -0.2) is 91.4 Å². The number of piperidine rings is 2. The number of carbonyl (C=O) groups excluding carboxylic acids is 2. The minimum Gasteiger partial charge on any atom is -0.340 e. The van der Waals surface area contributed by atoms with Crippen LogP contribution in [0.2, 0.25) is 0 Å². The summed E-state index contributed by atoms with van der Waals surface area (Å²) in [5.74, 6) is 2.42. The number of aliphatic imine (C=N–C) groups is 1. The SMILES string of the molecule is CCN(CC)[C@@H](C(=O)N1[C@@H]2C[C@@H]2C[C@H]1C1=Nc2ccc(-c3ccc4cc(-c5ccc6nc([C@@H]7C[C@H]8C[C@H]8N7C(=O)[C@@H](c7ccccc7)N(CC)CC)[nH]c6c5)ccc4c3)cc2C1)c1ccccc1. The van der Waals surface area contributed by atoms with Crippen LogP contribution in [-0.2, 0) is 16.0 Å². The number of likely N-dealkylation sites (N-methyl/N-ethyl adjacent to an activating group) is 2. The third kappa shape index (κ3) is 7.46. The van der Waals surface area contributed by atoms with Crippen molar-refractivity contribution in [2.45, 2.75) is 96.1 Å². The third-order valence-electron chi connectivity index (χ3n) is 16.2. The Labute approximate surface area is 399 Å². The molecule has 6 aromatic carbocycles. The average molecular weight is 900 g/mol. The van der Waals surface area contributed by atoms with Crippen molar-refractivity contribution in [2.24, 2.45) is 16.8 Å². The van der Waals surface area contributed by atoms with E-state index in [0.717, 1.165) is 109 Å². The summed E-state index contributed by atoms with van der Waals surface area (Å²) in [6.07, 6.45) is 4.92. The molecule has 4 heterocycles. The summed E-state index contributed by atoms with van der Waals surface area (Å²) in [5, 5.41) is 2.38. The lowest BCUT2D eigenvalue weighted by Gasteiger charge is -2.36. The summed E-state index contributed by atoms with van der Waals surface area (Å²) in [4.78, 5) is 52.3. The first kappa shape index (κ1) is 42.9. The normalized spacial score (nSPS) is 23.2. The number of nitrogens with zero attached hydrogens (tertiary/aromatic N) is 6. The number of H-pyrrole nitrogens is 1. The van der Waals surface area contributed by atoms with Crippen LogP contribution < -0.4 is 0 Å². The molecule has 8 atom stereocenters. The second-order valence-electron chi connectivity index (χ2n) is 19.9. The van der Waals surface area contributed by atoms with Crippen molar-refractivity contribution in [1.29, 1.82) is 0 Å². The smallest absolute Gasteiger partial charge is 0.245 e. The molecule has 2 saturated heterocycles. The van der Waals surface area contributed by atoms with Gasteiger partial charge in [0.1, 0.15) is 17.9 Å². The Kier molecular flexibility index (Phi) is 10.9. The van der Waals surface area contributed by atoms with E-state index < -0.39 is 0 Å². The molecule has 1 aromatic heterocycles. The zero-order valence-electron chi connectivity index (χ0n) is 39.7. The number of imidazole rings is 1. The number of benzene rings is 6. The number of carbonyl (C=O) groups is 2. The van der Waals surface area contributed by atoms with Gasteiger partial charge in [-0.2, -0.15) is 0 Å². The molecule has 0 unspecified atom stereocenters. The highest BCUT2D eigenvalue weighted by molar-refractivity contribution is 6.02. The number of nitrogens with one attached hydrogen (secondary N) is 1. The van der Waals surface area contributed by atoms with E-state index in [1.54, 1.807) is 0 Å². The number of hydrogen-bond acceptors (Lipinski definition) is 6. The van der Waals surface area contributed by atoms with E-state index in [1.165, 1.54) is 27.5 Å². The van der Waals surface area contributed by atoms with E-state index in [1.807, 2.05) is 36.4 Å². The van der Waals surface area contributed by atoms with Crippen molar-refractivity contribution in [3.05, 3.63) is 156 Å². The van der Waals surface area contributed by atoms with Gasteiger partial charge in [-0.15, -0.1) is 0 Å². The van der Waals surface area contributed by atoms with Crippen LogP contribution in [0.15, 0.2) is 138 Å². The van der Waals surface area contributed by atoms with Crippen LogP contribution in [0.1, 0.15) is 94.0 Å². The molecule has 7 aromatic rings. The molecule has 344 valence electrons. The molecule has 0 bridgehead atoms. The topological polar surface area (TPSA) is 88.1 Å². The molecule has 2 amide bonds. The lowest BCUT2D eigenvalue weighted by Crippen LogP contribution is -2.49. The van der Waals surface area contributed by atoms with Crippen molar-refractivity contribution in [3.8, 4) is 22.3 Å². The maximum absolute atomic E-state index is 14.7. The molecular formula is C59H61N7O2. The molecule has 9 heteroatoms. The predicted octanol–water partition coefficient (Wildman–Crippen LogP) is 11.5. The van der Waals surface area contributed by atoms with E-state index in [9.17, 15) is 9.59 Å². The molecule has 1 N–H and O–H groups in total. The second kappa shape index (κ2) is 17.3. The Hall–Kier alpha value is -6.42. The standard InChI is InChI=1S/C59H61N7O2/c1-5-63(6-2)55(36-15-11-9-12-16-36)58(67)65-51-32-45(51)34-53(65)50-31-44-29-42(23-25-47(44)60-50)40-20-19-39-28-41(22-21-38(39)27-40)43-24-26-48-49(30-43)62-57(61-48)54-35-46-33-52(46)66(54)59(68)56(64(7-3)8-4)37-17-13-10-14-18-37/h9-30,45-46,51-56H,5-8,31-35H2,1-4H3,(H,61,62)/t45-,46-,51-,52-,53+,54+,55-,56-/m1/s1. The van der Waals surface area contributed by atoms with Gasteiger partial charge in [0.05, 0.1) is 28.8 Å². The van der Waals surface area contributed by atoms with Gasteiger partial charge < -0.3 is 14.8 Å². The highest BCUT2D eigenvalue weighted by Gasteiger charge is 2.58. The van der Waals surface area contributed by atoms with Crippen molar-refractivity contribution in [3.63, 3.8) is 0 Å². The zero-order chi connectivity index (χ0) is 46.2. The quantitative estimate of drug-likeness (QED) is 0.117. The maximum Gasteiger partial charge on any atom is 0.245 e. The fourth-order valence-corrected chi connectivity index (χ4v) is 12.4. The predicted molar refractivity (Wildman–Crippen MR) is 273 cm³/mol. The minimum absolute atomic E-state index is 0.0458. The number of aromatic nitrogens is 2. The second-order valence-corrected chi connectivity index (χ2v) is 19.9. The van der Waals surface area contributed by atoms with Crippen molar-refractivity contribution in [1.82, 2.24) is 29.6 Å². The highest BCUT2D eigenvalue weighted by Crippen LogP contribution is 2.55. The third-order valence-corrected chi connectivity index (χ3v) is 16.2. The van der Waals surface area contributed by atoms with E-state index in [0.29, 0.717) is 17.9 Å². The molecule has 2 aliphatic carbocycles. The first-order chi connectivity index (χ1) is 33.3. The summed E-state index contributed by atoms with van der Waals surface area (Å²) < 4.78 is 0. The molecule has 68 heavy (non-hydrogen) atoms. The van der Waals surface area contributed by atoms with Crippen LogP contribution in [0.5, 0.6) is 0 Å². The molecule has 0 radical (unpaired) electrons. The first-order valence-electron chi connectivity index (χ1n) is 25.3. The first-order valence-corrected chi connectivity index (χ1v) is 25.3. The Balaban J connectivity index is 0.758. The molecular weight excluding hydrogens is 839 g/mol. The monoisotopic (exact) mass is 899 g/mol. The van der Waals surface area contributed by atoms with Gasteiger partial charge in [0.2, 0.25) is 11.8 Å². The van der Waals surface area contributed by atoms with Crippen molar-refractivity contribution < 1.29 is 9.59 Å². The number of aromatic amines is 1. The molecule has 9 nitrogen and oxygen atoms in total. The molecule has 3 aliphatic heterocycles. The van der Waals surface area contributed by atoms with Gasteiger partial charge in [0.25, 0.3) is 0 Å². The largest absolute Gasteiger partial charge is 0.340 e. The van der Waals surface area contributed by atoms with Gasteiger partial charge in [0.15, 0.2) is 0 Å². The van der Waals surface area contributed by atoms with Gasteiger partial charge in [-0.1, -0.05) is 125 Å². The lowest BCUT2D eigenvalue weighted by molar-refractivity contribution is -0.140. The maximum atomic E-state index is 14.7. The van der Waals surface area contributed by atoms with Gasteiger partial charge >= 0.3 is 0 Å². The van der Waals surface area contributed by atoms with Crippen molar-refractivity contribution in [2.75, 3.05) is 26.2 Å². The summed E-state index contributed by atoms with van der Waals surface area (Å²) in [6, 6.07) is 47.3. The van der Waals surface area contributed by atoms with Crippen LogP contribution in [0.25, 0.3) is 44.1 Å². The molecule has 4 fully saturated rings. The van der Waals surface area contributed by atoms with Gasteiger partial charge in [-0.05, 0) is 150 Å². The molecule has 12 rings (SSSR count). The number of fused-ring (bicyclic) bond motifs is 5.